The molecule has 2 amide bonds. The van der Waals surface area contributed by atoms with Crippen molar-refractivity contribution in [1.29, 1.82) is 0 Å². The molecule has 6 nitrogen and oxygen atoms in total. The number of fused-ring (bicyclic) bond motifs is 2. The van der Waals surface area contributed by atoms with Gasteiger partial charge in [-0.25, -0.2) is 14.0 Å². The number of aliphatic hydroxyl groups is 1. The maximum absolute atomic E-state index is 12.4. The molecule has 1 heterocycles. The van der Waals surface area contributed by atoms with Crippen LogP contribution < -0.4 is 5.32 Å². The largest absolute Gasteiger partial charge is 0.396 e. The minimum atomic E-state index is -2.19. The molecule has 0 saturated carbocycles. The van der Waals surface area contributed by atoms with E-state index in [4.69, 9.17) is 0 Å². The highest BCUT2D eigenvalue weighted by Crippen LogP contribution is 2.39. The van der Waals surface area contributed by atoms with E-state index in [0.29, 0.717) is 9.22 Å². The van der Waals surface area contributed by atoms with Gasteiger partial charge in [0.05, 0.1) is 28.4 Å². The number of amides is 2. The second-order valence-electron chi connectivity index (χ2n) is 6.80. The standard InChI is InChI=1S/C18H21N3O3S2/c1-10(9-22)17-19-8-15(25-17)26(24)21-18(23)20-16-13-4-2-3-11(13)7-12-5-6-14(12)16/h7-8,10,22,26H,2-6,9H2,1H3,(H,20,23)/t10-/m0/s1. The van der Waals surface area contributed by atoms with Gasteiger partial charge >= 0.3 is 6.03 Å². The molecule has 26 heavy (non-hydrogen) atoms. The number of urea groups is 1. The quantitative estimate of drug-likeness (QED) is 0.699. The topological polar surface area (TPSA) is 91.7 Å². The summed E-state index contributed by atoms with van der Waals surface area (Å²) in [6.07, 6.45) is 6.66. The highest BCUT2D eigenvalue weighted by Gasteiger charge is 2.26. The fourth-order valence-electron chi connectivity index (χ4n) is 3.53. The third-order valence-electron chi connectivity index (χ3n) is 5.05. The van der Waals surface area contributed by atoms with E-state index < -0.39 is 16.6 Å². The summed E-state index contributed by atoms with van der Waals surface area (Å²) in [5.41, 5.74) is 5.97. The summed E-state index contributed by atoms with van der Waals surface area (Å²) in [4.78, 5) is 16.5. The molecule has 138 valence electrons. The van der Waals surface area contributed by atoms with E-state index in [1.54, 1.807) is 0 Å². The lowest BCUT2D eigenvalue weighted by atomic mass is 9.83. The molecule has 1 aromatic carbocycles. The Morgan fingerprint density at radius 3 is 2.85 bits per heavy atom. The molecule has 0 radical (unpaired) electrons. The van der Waals surface area contributed by atoms with Crippen molar-refractivity contribution in [3.05, 3.63) is 39.5 Å². The molecule has 0 saturated heterocycles. The van der Waals surface area contributed by atoms with Crippen LogP contribution in [0.1, 0.15) is 46.5 Å². The van der Waals surface area contributed by atoms with Crippen molar-refractivity contribution in [2.75, 3.05) is 11.9 Å². The third-order valence-corrected chi connectivity index (χ3v) is 7.68. The number of thiazole rings is 1. The summed E-state index contributed by atoms with van der Waals surface area (Å²) in [6.45, 7) is 1.82. The van der Waals surface area contributed by atoms with E-state index in [-0.39, 0.29) is 12.5 Å². The summed E-state index contributed by atoms with van der Waals surface area (Å²) in [6, 6.07) is 1.71. The number of benzene rings is 1. The molecule has 8 heteroatoms. The number of aliphatic hydroxyl groups excluding tert-OH is 1. The lowest BCUT2D eigenvalue weighted by Gasteiger charge is -2.25. The zero-order chi connectivity index (χ0) is 18.3. The van der Waals surface area contributed by atoms with Crippen LogP contribution in [-0.4, -0.2) is 26.9 Å². The molecule has 4 rings (SSSR count). The van der Waals surface area contributed by atoms with E-state index in [9.17, 15) is 14.1 Å². The van der Waals surface area contributed by atoms with Crippen LogP contribution in [0.2, 0.25) is 0 Å². The minimum Gasteiger partial charge on any atom is -0.396 e. The number of aromatic nitrogens is 1. The van der Waals surface area contributed by atoms with Crippen LogP contribution in [0.3, 0.4) is 0 Å². The Balaban J connectivity index is 1.55. The molecular formula is C18H21N3O3S2. The van der Waals surface area contributed by atoms with Gasteiger partial charge in [-0.1, -0.05) is 13.0 Å². The number of hydrogen-bond acceptors (Lipinski definition) is 5. The van der Waals surface area contributed by atoms with Crippen LogP contribution in [0.4, 0.5) is 10.5 Å². The van der Waals surface area contributed by atoms with Gasteiger partial charge in [0.2, 0.25) is 0 Å². The van der Waals surface area contributed by atoms with Crippen molar-refractivity contribution in [1.82, 2.24) is 4.98 Å². The lowest BCUT2D eigenvalue weighted by Crippen LogP contribution is -2.18. The van der Waals surface area contributed by atoms with Gasteiger partial charge in [0.15, 0.2) is 0 Å². The monoisotopic (exact) mass is 391 g/mol. The van der Waals surface area contributed by atoms with E-state index >= 15 is 0 Å². The van der Waals surface area contributed by atoms with Crippen LogP contribution in [0.5, 0.6) is 0 Å². The molecule has 2 aliphatic rings. The Labute approximate surface area is 157 Å². The first-order valence-corrected chi connectivity index (χ1v) is 10.8. The van der Waals surface area contributed by atoms with E-state index in [1.165, 1.54) is 39.8 Å². The first kappa shape index (κ1) is 17.6. The summed E-state index contributed by atoms with van der Waals surface area (Å²) in [5.74, 6) is -0.114. The first-order chi connectivity index (χ1) is 12.6. The number of thiol groups is 1. The SMILES string of the molecule is C[C@@H](CO)c1ncc(/[SH](=O)=N/C(=O)Nc2c3c(cc4c2CC4)CCC3)s1. The van der Waals surface area contributed by atoms with E-state index in [0.717, 1.165) is 37.8 Å². The Bertz CT molecular complexity index is 961. The second-order valence-corrected chi connectivity index (χ2v) is 9.40. The fourth-order valence-corrected chi connectivity index (χ4v) is 5.42. The second kappa shape index (κ2) is 7.09. The van der Waals surface area contributed by atoms with E-state index in [2.05, 4.69) is 20.7 Å². The number of nitrogens with one attached hydrogen (secondary N) is 1. The van der Waals surface area contributed by atoms with Crippen molar-refractivity contribution < 1.29 is 14.1 Å². The zero-order valence-electron chi connectivity index (χ0n) is 14.5. The molecule has 0 fully saturated rings. The summed E-state index contributed by atoms with van der Waals surface area (Å²) in [7, 11) is -2.19. The molecule has 2 aliphatic carbocycles. The first-order valence-electron chi connectivity index (χ1n) is 8.79. The van der Waals surface area contributed by atoms with Gasteiger partial charge in [-0.2, -0.15) is 0 Å². The van der Waals surface area contributed by atoms with Gasteiger partial charge in [-0.3, -0.25) is 0 Å². The number of nitrogens with zero attached hydrogens (tertiary/aromatic N) is 2. The van der Waals surface area contributed by atoms with Crippen molar-refractivity contribution in [2.45, 2.75) is 49.2 Å². The van der Waals surface area contributed by atoms with Crippen LogP contribution in [0, 0.1) is 0 Å². The highest BCUT2D eigenvalue weighted by molar-refractivity contribution is 7.78. The summed E-state index contributed by atoms with van der Waals surface area (Å²) < 4.78 is 16.7. The minimum absolute atomic E-state index is 0.0222. The smallest absolute Gasteiger partial charge is 0.353 e. The third kappa shape index (κ3) is 3.17. The number of carbonyl (C=O) groups is 1. The molecule has 2 N–H and O–H groups in total. The number of carbonyl (C=O) groups excluding carboxylic acids is 1. The predicted molar refractivity (Wildman–Crippen MR) is 103 cm³/mol. The van der Waals surface area contributed by atoms with Crippen LogP contribution in [0.15, 0.2) is 20.8 Å². The van der Waals surface area contributed by atoms with Crippen molar-refractivity contribution in [2.24, 2.45) is 4.36 Å². The fraction of sp³-hybridized carbons (Fsp3) is 0.444. The van der Waals surface area contributed by atoms with Gasteiger partial charge in [0.25, 0.3) is 0 Å². The molecule has 0 aliphatic heterocycles. The van der Waals surface area contributed by atoms with Crippen LogP contribution in [-0.2, 0) is 36.3 Å². The predicted octanol–water partition coefficient (Wildman–Crippen LogP) is 3.08. The van der Waals surface area contributed by atoms with Crippen molar-refractivity contribution >= 4 is 33.7 Å². The molecule has 0 spiro atoms. The average Bonchev–Trinajstić information content (AvgIpc) is 3.26. The Hall–Kier alpha value is -1.77. The zero-order valence-corrected chi connectivity index (χ0v) is 16.2. The van der Waals surface area contributed by atoms with Gasteiger partial charge in [-0.15, -0.1) is 15.7 Å². The number of aryl methyl sites for hydroxylation is 2. The van der Waals surface area contributed by atoms with Crippen LogP contribution >= 0.6 is 11.3 Å². The normalized spacial score (nSPS) is 17.3. The van der Waals surface area contributed by atoms with Gasteiger partial charge in [0, 0.05) is 11.6 Å². The summed E-state index contributed by atoms with van der Waals surface area (Å²) in [5, 5.41) is 12.8. The maximum atomic E-state index is 12.4. The van der Waals surface area contributed by atoms with Crippen molar-refractivity contribution in [3.8, 4) is 0 Å². The number of rotatable bonds is 4. The molecular weight excluding hydrogens is 370 g/mol. The van der Waals surface area contributed by atoms with Gasteiger partial charge in [0.1, 0.15) is 4.21 Å². The average molecular weight is 392 g/mol. The molecule has 1 unspecified atom stereocenters. The Morgan fingerprint density at radius 2 is 2.12 bits per heavy atom. The summed E-state index contributed by atoms with van der Waals surface area (Å²) >= 11 is 1.23. The Morgan fingerprint density at radius 1 is 1.35 bits per heavy atom. The Kier molecular flexibility index (Phi) is 4.81. The molecule has 0 bridgehead atoms. The molecule has 2 aromatic rings. The lowest BCUT2D eigenvalue weighted by molar-refractivity contribution is 0.260. The highest BCUT2D eigenvalue weighted by atomic mass is 32.2. The van der Waals surface area contributed by atoms with E-state index in [1.807, 2.05) is 6.92 Å². The molecule has 2 atom stereocenters. The number of hydrogen-bond donors (Lipinski definition) is 3. The van der Waals surface area contributed by atoms with Gasteiger partial charge < -0.3 is 10.4 Å². The maximum Gasteiger partial charge on any atom is 0.353 e. The van der Waals surface area contributed by atoms with Crippen molar-refractivity contribution in [3.63, 3.8) is 0 Å². The number of anilines is 1. The van der Waals surface area contributed by atoms with Gasteiger partial charge in [-0.05, 0) is 54.4 Å². The molecule has 1 aromatic heterocycles. The van der Waals surface area contributed by atoms with Crippen LogP contribution in [0.25, 0.3) is 0 Å².